The van der Waals surface area contributed by atoms with Gasteiger partial charge in [0.05, 0.1) is 17.6 Å². The van der Waals surface area contributed by atoms with Gasteiger partial charge in [-0.1, -0.05) is 0 Å². The maximum absolute atomic E-state index is 13.8. The van der Waals surface area contributed by atoms with Crippen LogP contribution in [0.5, 0.6) is 0 Å². The average molecular weight is 409 g/mol. The minimum atomic E-state index is -4.17. The summed E-state index contributed by atoms with van der Waals surface area (Å²) in [6.07, 6.45) is 2.74. The second-order valence-electron chi connectivity index (χ2n) is 5.99. The molecule has 11 heteroatoms. The van der Waals surface area contributed by atoms with Gasteiger partial charge in [0.1, 0.15) is 17.3 Å². The molecule has 0 unspecified atom stereocenters. The van der Waals surface area contributed by atoms with E-state index < -0.39 is 27.8 Å². The molecule has 0 atom stereocenters. The van der Waals surface area contributed by atoms with Crippen LogP contribution in [-0.4, -0.2) is 41.2 Å². The normalized spacial score (nSPS) is 15.8. The van der Waals surface area contributed by atoms with E-state index >= 15 is 0 Å². The molecule has 0 fully saturated rings. The van der Waals surface area contributed by atoms with Crippen LogP contribution in [0, 0.1) is 18.6 Å². The van der Waals surface area contributed by atoms with Crippen LogP contribution in [0.15, 0.2) is 40.6 Å². The van der Waals surface area contributed by atoms with Crippen molar-refractivity contribution in [3.8, 4) is 0 Å². The fourth-order valence-electron chi connectivity index (χ4n) is 2.69. The van der Waals surface area contributed by atoms with Crippen LogP contribution in [-0.2, 0) is 21.5 Å². The van der Waals surface area contributed by atoms with Crippen LogP contribution in [0.3, 0.4) is 0 Å². The summed E-state index contributed by atoms with van der Waals surface area (Å²) < 4.78 is 57.7. The molecular formula is C17H17F2N5O3S. The van der Waals surface area contributed by atoms with Gasteiger partial charge in [-0.2, -0.15) is 13.5 Å². The first-order valence-corrected chi connectivity index (χ1v) is 9.63. The number of carbonyl (C=O) groups is 1. The number of benzene rings is 1. The van der Waals surface area contributed by atoms with E-state index in [9.17, 15) is 22.0 Å². The Bertz CT molecular complexity index is 1120. The monoisotopic (exact) mass is 409 g/mol. The highest BCUT2D eigenvalue weighted by atomic mass is 32.2. The molecular weight excluding hydrogens is 392 g/mol. The summed E-state index contributed by atoms with van der Waals surface area (Å²) in [5, 5.41) is 6.39. The fourth-order valence-corrected chi connectivity index (χ4v) is 3.59. The third-order valence-corrected chi connectivity index (χ3v) is 5.58. The molecule has 0 spiro atoms. The van der Waals surface area contributed by atoms with Gasteiger partial charge in [-0.3, -0.25) is 9.48 Å². The van der Waals surface area contributed by atoms with E-state index in [4.69, 9.17) is 0 Å². The molecule has 1 N–H and O–H groups in total. The first kappa shape index (κ1) is 19.7. The van der Waals surface area contributed by atoms with Crippen molar-refractivity contribution in [2.24, 2.45) is 4.40 Å². The number of aryl methyl sites for hydroxylation is 1. The lowest BCUT2D eigenvalue weighted by molar-refractivity contribution is -0.113. The van der Waals surface area contributed by atoms with Gasteiger partial charge < -0.3 is 5.32 Å². The molecule has 1 aromatic carbocycles. The molecule has 1 amide bonds. The van der Waals surface area contributed by atoms with Crippen molar-refractivity contribution < 1.29 is 22.0 Å². The number of hydrogen-bond donors (Lipinski definition) is 1. The lowest BCUT2D eigenvalue weighted by atomic mass is 10.1. The quantitative estimate of drug-likeness (QED) is 0.835. The number of allylic oxidation sites excluding steroid dienone is 1. The molecule has 0 aliphatic carbocycles. The second-order valence-corrected chi connectivity index (χ2v) is 7.62. The lowest BCUT2D eigenvalue weighted by Crippen LogP contribution is -2.35. The predicted octanol–water partition coefficient (Wildman–Crippen LogP) is 1.99. The summed E-state index contributed by atoms with van der Waals surface area (Å²) >= 11 is 0. The van der Waals surface area contributed by atoms with E-state index in [0.29, 0.717) is 28.2 Å². The molecule has 0 saturated heterocycles. The Hall–Kier alpha value is -3.08. The zero-order valence-electron chi connectivity index (χ0n) is 15.3. The van der Waals surface area contributed by atoms with E-state index in [-0.39, 0.29) is 17.1 Å². The Morgan fingerprint density at radius 1 is 1.29 bits per heavy atom. The summed E-state index contributed by atoms with van der Waals surface area (Å²) in [5.74, 6) is -2.67. The standard InChI is InChI=1S/C17H17F2N5O3S/c1-4-24-10(2)12(9-20-24)15-8-16(23(3)28(26,27)22-15)17(25)21-14-6-5-11(18)7-13(14)19/h5-9H,4H2,1-3H3,(H,21,25). The molecule has 0 bridgehead atoms. The summed E-state index contributed by atoms with van der Waals surface area (Å²) in [6, 6.07) is 2.63. The number of anilines is 1. The van der Waals surface area contributed by atoms with Crippen molar-refractivity contribution in [2.45, 2.75) is 20.4 Å². The number of amides is 1. The molecule has 1 aliphatic heterocycles. The molecule has 8 nitrogen and oxygen atoms in total. The van der Waals surface area contributed by atoms with Crippen molar-refractivity contribution >= 4 is 27.5 Å². The van der Waals surface area contributed by atoms with Crippen LogP contribution in [0.2, 0.25) is 0 Å². The summed E-state index contributed by atoms with van der Waals surface area (Å²) in [7, 11) is -3.02. The van der Waals surface area contributed by atoms with Gasteiger partial charge >= 0.3 is 10.2 Å². The Labute approximate surface area is 160 Å². The van der Waals surface area contributed by atoms with Gasteiger partial charge in [-0.15, -0.1) is 4.40 Å². The summed E-state index contributed by atoms with van der Waals surface area (Å²) in [6.45, 7) is 4.20. The Balaban J connectivity index is 2.00. The van der Waals surface area contributed by atoms with Gasteiger partial charge in [0.2, 0.25) is 0 Å². The topological polar surface area (TPSA) is 96.7 Å². The van der Waals surface area contributed by atoms with Gasteiger partial charge in [0, 0.05) is 30.9 Å². The van der Waals surface area contributed by atoms with E-state index in [1.807, 2.05) is 6.92 Å². The van der Waals surface area contributed by atoms with Gasteiger partial charge in [-0.05, 0) is 32.1 Å². The lowest BCUT2D eigenvalue weighted by Gasteiger charge is -2.23. The van der Waals surface area contributed by atoms with Crippen LogP contribution in [0.4, 0.5) is 14.5 Å². The number of hydrogen-bond acceptors (Lipinski definition) is 4. The minimum absolute atomic E-state index is 0.0417. The first-order valence-electron chi connectivity index (χ1n) is 8.23. The average Bonchev–Trinajstić information content (AvgIpc) is 3.00. The van der Waals surface area contributed by atoms with Gasteiger partial charge in [0.25, 0.3) is 5.91 Å². The van der Waals surface area contributed by atoms with Crippen molar-refractivity contribution in [1.29, 1.82) is 0 Å². The van der Waals surface area contributed by atoms with E-state index in [1.165, 1.54) is 12.3 Å². The van der Waals surface area contributed by atoms with E-state index in [2.05, 4.69) is 14.8 Å². The minimum Gasteiger partial charge on any atom is -0.318 e. The molecule has 2 heterocycles. The molecule has 1 aliphatic rings. The molecule has 1 aromatic heterocycles. The van der Waals surface area contributed by atoms with Crippen LogP contribution in [0.25, 0.3) is 0 Å². The third kappa shape index (κ3) is 3.52. The van der Waals surface area contributed by atoms with Crippen molar-refractivity contribution in [1.82, 2.24) is 14.1 Å². The smallest absolute Gasteiger partial charge is 0.318 e. The van der Waals surface area contributed by atoms with Crippen molar-refractivity contribution in [3.63, 3.8) is 0 Å². The molecule has 148 valence electrons. The number of carbonyl (C=O) groups excluding carboxylic acids is 1. The highest BCUT2D eigenvalue weighted by Crippen LogP contribution is 2.23. The molecule has 0 radical (unpaired) electrons. The number of likely N-dealkylation sites (N-methyl/N-ethyl adjacent to an activating group) is 1. The van der Waals surface area contributed by atoms with Crippen LogP contribution < -0.4 is 5.32 Å². The zero-order chi connectivity index (χ0) is 20.6. The van der Waals surface area contributed by atoms with Crippen LogP contribution in [0.1, 0.15) is 18.2 Å². The number of rotatable bonds is 4. The fraction of sp³-hybridized carbons (Fsp3) is 0.235. The Morgan fingerprint density at radius 2 is 2.00 bits per heavy atom. The SMILES string of the molecule is CCn1ncc(C2=NS(=O)(=O)N(C)C(C(=O)Nc3ccc(F)cc3F)=C2)c1C. The molecule has 0 saturated carbocycles. The largest absolute Gasteiger partial charge is 0.345 e. The van der Waals surface area contributed by atoms with E-state index in [1.54, 1.807) is 11.6 Å². The number of aromatic nitrogens is 2. The highest BCUT2D eigenvalue weighted by molar-refractivity contribution is 7.88. The number of nitrogens with zero attached hydrogens (tertiary/aromatic N) is 4. The molecule has 2 aromatic rings. The first-order chi connectivity index (χ1) is 13.1. The molecule has 28 heavy (non-hydrogen) atoms. The van der Waals surface area contributed by atoms with E-state index in [0.717, 1.165) is 19.2 Å². The number of nitrogens with one attached hydrogen (secondary N) is 1. The maximum Gasteiger partial charge on any atom is 0.345 e. The zero-order valence-corrected chi connectivity index (χ0v) is 16.1. The Morgan fingerprint density at radius 3 is 2.61 bits per heavy atom. The van der Waals surface area contributed by atoms with Crippen molar-refractivity contribution in [2.75, 3.05) is 12.4 Å². The van der Waals surface area contributed by atoms with Crippen molar-refractivity contribution in [3.05, 3.63) is 59.1 Å². The highest BCUT2D eigenvalue weighted by Gasteiger charge is 2.31. The molecule has 3 rings (SSSR count). The van der Waals surface area contributed by atoms with Gasteiger partial charge in [-0.25, -0.2) is 13.1 Å². The maximum atomic E-state index is 13.8. The summed E-state index contributed by atoms with van der Waals surface area (Å²) in [5.41, 5.74) is 0.632. The second kappa shape index (κ2) is 7.15. The van der Waals surface area contributed by atoms with Crippen LogP contribution >= 0.6 is 0 Å². The predicted molar refractivity (Wildman–Crippen MR) is 98.9 cm³/mol. The number of halogens is 2. The van der Waals surface area contributed by atoms with Gasteiger partial charge in [0.15, 0.2) is 0 Å². The Kier molecular flexibility index (Phi) is 5.02. The third-order valence-electron chi connectivity index (χ3n) is 4.26. The summed E-state index contributed by atoms with van der Waals surface area (Å²) in [4.78, 5) is 12.6.